The van der Waals surface area contributed by atoms with Gasteiger partial charge in [0.1, 0.15) is 11.8 Å². The van der Waals surface area contributed by atoms with Crippen molar-refractivity contribution >= 4 is 29.1 Å². The number of ketones is 2. The molecule has 0 saturated heterocycles. The second-order valence-corrected chi connectivity index (χ2v) is 10.5. The summed E-state index contributed by atoms with van der Waals surface area (Å²) in [6.45, 7) is 3.55. The van der Waals surface area contributed by atoms with Gasteiger partial charge in [-0.15, -0.1) is 0 Å². The van der Waals surface area contributed by atoms with E-state index in [2.05, 4.69) is 0 Å². The summed E-state index contributed by atoms with van der Waals surface area (Å²) in [5.74, 6) is -3.66. The number of hydrogen-bond acceptors (Lipinski definition) is 6. The van der Waals surface area contributed by atoms with Gasteiger partial charge < -0.3 is 14.9 Å². The largest absolute Gasteiger partial charge is 0.458 e. The first-order chi connectivity index (χ1) is 14.7. The van der Waals surface area contributed by atoms with Crippen LogP contribution in [0.5, 0.6) is 0 Å². The molecule has 0 aliphatic heterocycles. The zero-order valence-corrected chi connectivity index (χ0v) is 18.9. The molecule has 2 N–H and O–H groups in total. The molecule has 0 bridgehead atoms. The first kappa shape index (κ1) is 23.5. The van der Waals surface area contributed by atoms with Gasteiger partial charge in [-0.25, -0.2) is 8.78 Å². The number of halogens is 3. The van der Waals surface area contributed by atoms with E-state index in [1.165, 1.54) is 13.0 Å². The Morgan fingerprint density at radius 1 is 1.31 bits per heavy atom. The maximum atomic E-state index is 17.0. The highest BCUT2D eigenvalue weighted by molar-refractivity contribution is 6.44. The summed E-state index contributed by atoms with van der Waals surface area (Å²) < 4.78 is 37.1. The van der Waals surface area contributed by atoms with Crippen LogP contribution in [-0.4, -0.2) is 57.9 Å². The molecule has 4 aliphatic rings. The lowest BCUT2D eigenvalue weighted by atomic mass is 9.44. The number of aliphatic hydroxyl groups is 2. The zero-order valence-electron chi connectivity index (χ0n) is 18.2. The van der Waals surface area contributed by atoms with Gasteiger partial charge in [-0.1, -0.05) is 18.5 Å². The minimum absolute atomic E-state index is 0.0149. The van der Waals surface area contributed by atoms with Crippen LogP contribution in [0.3, 0.4) is 0 Å². The minimum atomic E-state index is -2.35. The summed E-state index contributed by atoms with van der Waals surface area (Å²) in [7, 11) is 0. The number of carbonyl (C=O) groups is 3. The number of Topliss-reactive ketones (excluding diaryl/α,β-unsaturated/α-hetero) is 1. The predicted octanol–water partition coefficient (Wildman–Crippen LogP) is 2.74. The van der Waals surface area contributed by atoms with E-state index in [-0.39, 0.29) is 36.3 Å². The molecule has 8 atom stereocenters. The van der Waals surface area contributed by atoms with E-state index < -0.39 is 70.4 Å². The summed E-state index contributed by atoms with van der Waals surface area (Å²) in [4.78, 5) is 36.0. The van der Waals surface area contributed by atoms with Gasteiger partial charge in [0, 0.05) is 23.7 Å². The third-order valence-electron chi connectivity index (χ3n) is 8.71. The van der Waals surface area contributed by atoms with E-state index in [4.69, 9.17) is 16.3 Å². The van der Waals surface area contributed by atoms with Crippen molar-refractivity contribution < 1.29 is 38.1 Å². The van der Waals surface area contributed by atoms with Gasteiger partial charge in [0.2, 0.25) is 5.78 Å². The number of rotatable bonds is 3. The molecule has 6 nitrogen and oxygen atoms in total. The fourth-order valence-electron chi connectivity index (χ4n) is 7.01. The van der Waals surface area contributed by atoms with E-state index in [0.29, 0.717) is 0 Å². The minimum Gasteiger partial charge on any atom is -0.458 e. The van der Waals surface area contributed by atoms with Crippen LogP contribution < -0.4 is 0 Å². The second-order valence-electron chi connectivity index (χ2n) is 10.1. The summed E-state index contributed by atoms with van der Waals surface area (Å²) >= 11 is 6.02. The number of ether oxygens (including phenoxy) is 1. The molecule has 0 heterocycles. The van der Waals surface area contributed by atoms with Crippen molar-refractivity contribution in [2.75, 3.05) is 6.61 Å². The summed E-state index contributed by atoms with van der Waals surface area (Å²) in [6.07, 6.45) is -1.40. The van der Waals surface area contributed by atoms with Crippen molar-refractivity contribution in [3.63, 3.8) is 0 Å². The molecule has 0 aromatic heterocycles. The number of esters is 1. The number of carbonyl (C=O) groups excluding carboxylic acids is 3. The van der Waals surface area contributed by atoms with Crippen LogP contribution in [-0.2, 0) is 19.1 Å². The summed E-state index contributed by atoms with van der Waals surface area (Å²) in [5.41, 5.74) is -7.25. The maximum Gasteiger partial charge on any atom is 0.303 e. The van der Waals surface area contributed by atoms with Crippen LogP contribution in [0.25, 0.3) is 0 Å². The van der Waals surface area contributed by atoms with Gasteiger partial charge in [0.05, 0.1) is 11.1 Å². The average Bonchev–Trinajstić information content (AvgIpc) is 2.96. The molecule has 0 spiro atoms. The standard InChI is InChI=1S/C23H27ClF2O6/c1-11(27)32-10-19(30)22(31)5-4-12-13-6-16(25)14-7-17(28)15(24)8-21(14,3)23(13,26)18(29)9-20(12,22)2/h7-8,12-13,16,18,29,31H,4-6,9-10H2,1-3H3/t12-,13-,16+,18-,20-,21-,22-,23-/m0/s1. The fourth-order valence-corrected chi connectivity index (χ4v) is 7.28. The number of allylic oxidation sites excluding steroid dienone is 4. The third kappa shape index (κ3) is 2.78. The molecule has 4 aliphatic carbocycles. The van der Waals surface area contributed by atoms with Crippen molar-refractivity contribution in [1.82, 2.24) is 0 Å². The van der Waals surface area contributed by atoms with Crippen LogP contribution in [0.4, 0.5) is 8.78 Å². The lowest BCUT2D eigenvalue weighted by Crippen LogP contribution is -2.70. The zero-order chi connectivity index (χ0) is 23.9. The maximum absolute atomic E-state index is 17.0. The van der Waals surface area contributed by atoms with Crippen LogP contribution in [0.1, 0.15) is 46.5 Å². The van der Waals surface area contributed by atoms with E-state index in [1.807, 2.05) is 0 Å². The van der Waals surface area contributed by atoms with Crippen LogP contribution in [0, 0.1) is 22.7 Å². The van der Waals surface area contributed by atoms with E-state index in [1.54, 1.807) is 6.92 Å². The average molecular weight is 473 g/mol. The Kier molecular flexibility index (Phi) is 5.27. The van der Waals surface area contributed by atoms with Crippen molar-refractivity contribution in [2.45, 2.75) is 70.0 Å². The van der Waals surface area contributed by atoms with E-state index in [0.717, 1.165) is 13.0 Å². The SMILES string of the molecule is CC(=O)OCC(=O)[C@@]1(O)CC[C@H]2[C@@H]3C[C@@H](F)C4=CC(=O)C(Cl)=C[C@]4(C)[C@@]3(F)[C@@H](O)C[C@@]21C. The number of aliphatic hydroxyl groups excluding tert-OH is 1. The highest BCUT2D eigenvalue weighted by Crippen LogP contribution is 2.70. The predicted molar refractivity (Wildman–Crippen MR) is 110 cm³/mol. The number of fused-ring (bicyclic) bond motifs is 5. The van der Waals surface area contributed by atoms with Crippen molar-refractivity contribution in [1.29, 1.82) is 0 Å². The summed E-state index contributed by atoms with van der Waals surface area (Å²) in [5, 5.41) is 22.3. The first-order valence-corrected chi connectivity index (χ1v) is 11.1. The first-order valence-electron chi connectivity index (χ1n) is 10.8. The lowest BCUT2D eigenvalue weighted by molar-refractivity contribution is -0.222. The normalized spacial score (nSPS) is 47.6. The molecule has 0 aromatic carbocycles. The molecule has 9 heteroatoms. The number of hydrogen-bond donors (Lipinski definition) is 2. The van der Waals surface area contributed by atoms with Gasteiger partial charge >= 0.3 is 5.97 Å². The molecular weight excluding hydrogens is 446 g/mol. The van der Waals surface area contributed by atoms with Crippen LogP contribution >= 0.6 is 11.6 Å². The van der Waals surface area contributed by atoms with Crippen molar-refractivity contribution in [3.8, 4) is 0 Å². The fraction of sp³-hybridized carbons (Fsp3) is 0.696. The summed E-state index contributed by atoms with van der Waals surface area (Å²) in [6, 6.07) is 0. The molecule has 32 heavy (non-hydrogen) atoms. The molecule has 0 aromatic rings. The van der Waals surface area contributed by atoms with Gasteiger partial charge in [-0.3, -0.25) is 14.4 Å². The van der Waals surface area contributed by atoms with Crippen molar-refractivity contribution in [2.24, 2.45) is 22.7 Å². The van der Waals surface area contributed by atoms with Crippen molar-refractivity contribution in [3.05, 3.63) is 22.8 Å². The van der Waals surface area contributed by atoms with E-state index >= 15 is 8.78 Å². The highest BCUT2D eigenvalue weighted by Gasteiger charge is 2.75. The molecule has 4 rings (SSSR count). The Morgan fingerprint density at radius 2 is 1.97 bits per heavy atom. The number of alkyl halides is 2. The molecule has 176 valence electrons. The van der Waals surface area contributed by atoms with Gasteiger partial charge in [0.25, 0.3) is 0 Å². The molecular formula is C23H27ClF2O6. The molecule has 0 unspecified atom stereocenters. The quantitative estimate of drug-likeness (QED) is 0.612. The van der Waals surface area contributed by atoms with Crippen LogP contribution in [0.2, 0.25) is 0 Å². The molecule has 0 amide bonds. The van der Waals surface area contributed by atoms with Gasteiger partial charge in [-0.2, -0.15) is 0 Å². The Bertz CT molecular complexity index is 964. The third-order valence-corrected chi connectivity index (χ3v) is 9.00. The van der Waals surface area contributed by atoms with E-state index in [9.17, 15) is 24.6 Å². The topological polar surface area (TPSA) is 101 Å². The Labute approximate surface area is 189 Å². The van der Waals surface area contributed by atoms with Gasteiger partial charge in [-0.05, 0) is 56.3 Å². The Balaban J connectivity index is 1.77. The second kappa shape index (κ2) is 7.18. The monoisotopic (exact) mass is 472 g/mol. The van der Waals surface area contributed by atoms with Crippen LogP contribution in [0.15, 0.2) is 22.8 Å². The lowest BCUT2D eigenvalue weighted by Gasteiger charge is -2.63. The Morgan fingerprint density at radius 3 is 2.59 bits per heavy atom. The smallest absolute Gasteiger partial charge is 0.303 e. The molecule has 0 radical (unpaired) electrons. The molecule has 3 saturated carbocycles. The highest BCUT2D eigenvalue weighted by atomic mass is 35.5. The van der Waals surface area contributed by atoms with Gasteiger partial charge in [0.15, 0.2) is 18.1 Å². The molecule has 3 fully saturated rings. The Hall–Kier alpha value is -1.64.